The van der Waals surface area contributed by atoms with Crippen molar-refractivity contribution in [3.63, 3.8) is 0 Å². The van der Waals surface area contributed by atoms with Crippen LogP contribution in [-0.2, 0) is 17.9 Å². The Labute approximate surface area is 145 Å². The lowest BCUT2D eigenvalue weighted by atomic mass is 10.1. The molecule has 0 spiro atoms. The first-order valence-corrected chi connectivity index (χ1v) is 8.06. The van der Waals surface area contributed by atoms with Gasteiger partial charge in [-0.3, -0.25) is 4.79 Å². The number of carbonyl (C=O) groups is 2. The lowest BCUT2D eigenvalue weighted by Crippen LogP contribution is -2.11. The van der Waals surface area contributed by atoms with E-state index in [4.69, 9.17) is 9.47 Å². The summed E-state index contributed by atoms with van der Waals surface area (Å²) in [7, 11) is 1.31. The van der Waals surface area contributed by atoms with Crippen molar-refractivity contribution in [2.24, 2.45) is 0 Å². The average molecular weight is 337 g/mol. The molecule has 0 radical (unpaired) electrons. The number of rotatable bonds is 6. The van der Waals surface area contributed by atoms with Crippen LogP contribution in [0.15, 0.2) is 48.5 Å². The molecular weight excluding hydrogens is 318 g/mol. The minimum Gasteiger partial charge on any atom is -0.489 e. The Balaban J connectivity index is 2.01. The van der Waals surface area contributed by atoms with Gasteiger partial charge in [0.1, 0.15) is 18.1 Å². The zero-order chi connectivity index (χ0) is 17.8. The van der Waals surface area contributed by atoms with E-state index in [-0.39, 0.29) is 5.69 Å². The highest BCUT2D eigenvalue weighted by Gasteiger charge is 2.22. The van der Waals surface area contributed by atoms with Gasteiger partial charge in [0.2, 0.25) is 0 Å². The van der Waals surface area contributed by atoms with Gasteiger partial charge in [-0.1, -0.05) is 30.3 Å². The molecule has 0 amide bonds. The summed E-state index contributed by atoms with van der Waals surface area (Å²) in [6.45, 7) is 2.90. The molecule has 128 valence electrons. The fourth-order valence-electron chi connectivity index (χ4n) is 2.95. The Bertz CT molecular complexity index is 912. The molecule has 0 aliphatic rings. The Kier molecular flexibility index (Phi) is 4.84. The van der Waals surface area contributed by atoms with E-state index >= 15 is 0 Å². The van der Waals surface area contributed by atoms with Crippen LogP contribution < -0.4 is 4.74 Å². The van der Waals surface area contributed by atoms with E-state index in [0.717, 1.165) is 11.1 Å². The summed E-state index contributed by atoms with van der Waals surface area (Å²) in [5.74, 6) is 0.157. The van der Waals surface area contributed by atoms with Crippen molar-refractivity contribution < 1.29 is 19.1 Å². The predicted molar refractivity (Wildman–Crippen MR) is 95.1 cm³/mol. The maximum absolute atomic E-state index is 12.1. The first kappa shape index (κ1) is 16.8. The van der Waals surface area contributed by atoms with E-state index in [1.54, 1.807) is 16.7 Å². The van der Waals surface area contributed by atoms with Crippen molar-refractivity contribution in [1.82, 2.24) is 4.57 Å². The molecular formula is C20H19NO4. The molecule has 0 bridgehead atoms. The third kappa shape index (κ3) is 3.13. The van der Waals surface area contributed by atoms with Crippen LogP contribution in [0.3, 0.4) is 0 Å². The smallest absolute Gasteiger partial charge is 0.355 e. The van der Waals surface area contributed by atoms with Crippen LogP contribution in [0.25, 0.3) is 10.9 Å². The van der Waals surface area contributed by atoms with Crippen LogP contribution in [0, 0.1) is 0 Å². The summed E-state index contributed by atoms with van der Waals surface area (Å²) >= 11 is 0. The van der Waals surface area contributed by atoms with E-state index in [2.05, 4.69) is 0 Å². The minimum atomic E-state index is -0.521. The summed E-state index contributed by atoms with van der Waals surface area (Å²) in [5.41, 5.74) is 2.46. The standard InChI is InChI=1S/C20H19NO4/c1-3-21-18-11-15(25-13-14-7-5-4-6-8-14)9-10-16(18)17(12-22)19(21)20(23)24-2/h4-12H,3,13H2,1-2H3. The molecule has 25 heavy (non-hydrogen) atoms. The second-order valence-electron chi connectivity index (χ2n) is 5.57. The van der Waals surface area contributed by atoms with Crippen LogP contribution in [0.5, 0.6) is 5.75 Å². The van der Waals surface area contributed by atoms with E-state index in [0.29, 0.717) is 36.1 Å². The number of esters is 1. The Hall–Kier alpha value is -3.08. The Morgan fingerprint density at radius 1 is 1.16 bits per heavy atom. The fourth-order valence-corrected chi connectivity index (χ4v) is 2.95. The molecule has 0 fully saturated rings. The Morgan fingerprint density at radius 2 is 1.92 bits per heavy atom. The van der Waals surface area contributed by atoms with Crippen LogP contribution in [0.2, 0.25) is 0 Å². The lowest BCUT2D eigenvalue weighted by Gasteiger charge is -2.09. The molecule has 5 nitrogen and oxygen atoms in total. The third-order valence-electron chi connectivity index (χ3n) is 4.14. The highest BCUT2D eigenvalue weighted by atomic mass is 16.5. The second kappa shape index (κ2) is 7.21. The number of ether oxygens (including phenoxy) is 2. The van der Waals surface area contributed by atoms with Crippen molar-refractivity contribution in [2.75, 3.05) is 7.11 Å². The maximum Gasteiger partial charge on any atom is 0.355 e. The topological polar surface area (TPSA) is 57.5 Å². The molecule has 2 aromatic carbocycles. The van der Waals surface area contributed by atoms with Crippen molar-refractivity contribution in [2.45, 2.75) is 20.1 Å². The van der Waals surface area contributed by atoms with Crippen LogP contribution >= 0.6 is 0 Å². The van der Waals surface area contributed by atoms with Gasteiger partial charge in [-0.15, -0.1) is 0 Å². The van der Waals surface area contributed by atoms with Crippen LogP contribution in [0.1, 0.15) is 33.3 Å². The quantitative estimate of drug-likeness (QED) is 0.506. The highest BCUT2D eigenvalue weighted by molar-refractivity contribution is 6.08. The summed E-state index contributed by atoms with van der Waals surface area (Å²) in [6, 6.07) is 15.3. The number of aryl methyl sites for hydroxylation is 1. The maximum atomic E-state index is 12.1. The molecule has 0 atom stereocenters. The van der Waals surface area contributed by atoms with Gasteiger partial charge in [-0.25, -0.2) is 4.79 Å². The lowest BCUT2D eigenvalue weighted by molar-refractivity contribution is 0.0587. The monoisotopic (exact) mass is 337 g/mol. The number of aromatic nitrogens is 1. The SMILES string of the molecule is CCn1c(C(=O)OC)c(C=O)c2ccc(OCc3ccccc3)cc21. The summed E-state index contributed by atoms with van der Waals surface area (Å²) < 4.78 is 12.5. The molecule has 0 aliphatic carbocycles. The highest BCUT2D eigenvalue weighted by Crippen LogP contribution is 2.29. The number of fused-ring (bicyclic) bond motifs is 1. The Morgan fingerprint density at radius 3 is 2.56 bits per heavy atom. The van der Waals surface area contributed by atoms with Gasteiger partial charge in [0.25, 0.3) is 0 Å². The van der Waals surface area contributed by atoms with Crippen molar-refractivity contribution in [3.8, 4) is 5.75 Å². The minimum absolute atomic E-state index is 0.273. The average Bonchev–Trinajstić information content (AvgIpc) is 2.99. The molecule has 0 saturated heterocycles. The van der Waals surface area contributed by atoms with E-state index in [1.807, 2.05) is 43.3 Å². The number of nitrogens with zero attached hydrogens (tertiary/aromatic N) is 1. The zero-order valence-electron chi connectivity index (χ0n) is 14.2. The predicted octanol–water partition coefficient (Wildman–Crippen LogP) is 3.84. The summed E-state index contributed by atoms with van der Waals surface area (Å²) in [4.78, 5) is 23.6. The molecule has 0 N–H and O–H groups in total. The molecule has 1 aromatic heterocycles. The van der Waals surface area contributed by atoms with E-state index in [9.17, 15) is 9.59 Å². The van der Waals surface area contributed by atoms with Gasteiger partial charge >= 0.3 is 5.97 Å². The summed E-state index contributed by atoms with van der Waals surface area (Å²) in [6.07, 6.45) is 0.700. The molecule has 0 unspecified atom stereocenters. The molecule has 0 aliphatic heterocycles. The molecule has 3 rings (SSSR count). The normalized spacial score (nSPS) is 10.6. The number of methoxy groups -OCH3 is 1. The first-order valence-electron chi connectivity index (χ1n) is 8.06. The van der Waals surface area contributed by atoms with Crippen molar-refractivity contribution >= 4 is 23.2 Å². The molecule has 0 saturated carbocycles. The van der Waals surface area contributed by atoms with Gasteiger partial charge in [0.05, 0.1) is 18.2 Å². The van der Waals surface area contributed by atoms with Crippen molar-refractivity contribution in [1.29, 1.82) is 0 Å². The van der Waals surface area contributed by atoms with Gasteiger partial charge in [-0.05, 0) is 24.6 Å². The molecule has 1 heterocycles. The number of benzene rings is 2. The summed E-state index contributed by atoms with van der Waals surface area (Å²) in [5, 5.41) is 0.712. The van der Waals surface area contributed by atoms with Crippen LogP contribution in [0.4, 0.5) is 0 Å². The number of hydrogen-bond acceptors (Lipinski definition) is 4. The first-order chi connectivity index (χ1) is 12.2. The second-order valence-corrected chi connectivity index (χ2v) is 5.57. The number of hydrogen-bond donors (Lipinski definition) is 0. The zero-order valence-corrected chi connectivity index (χ0v) is 14.2. The van der Waals surface area contributed by atoms with E-state index < -0.39 is 5.97 Å². The molecule has 5 heteroatoms. The fraction of sp³-hybridized carbons (Fsp3) is 0.200. The molecule has 3 aromatic rings. The number of carbonyl (C=O) groups excluding carboxylic acids is 2. The van der Waals surface area contributed by atoms with Gasteiger partial charge in [0.15, 0.2) is 6.29 Å². The third-order valence-corrected chi connectivity index (χ3v) is 4.14. The van der Waals surface area contributed by atoms with Gasteiger partial charge < -0.3 is 14.0 Å². The number of aldehydes is 1. The van der Waals surface area contributed by atoms with Gasteiger partial charge in [-0.2, -0.15) is 0 Å². The van der Waals surface area contributed by atoms with E-state index in [1.165, 1.54) is 7.11 Å². The van der Waals surface area contributed by atoms with Crippen LogP contribution in [-0.4, -0.2) is 23.9 Å². The largest absolute Gasteiger partial charge is 0.489 e. The van der Waals surface area contributed by atoms with Gasteiger partial charge in [0, 0.05) is 18.0 Å². The van der Waals surface area contributed by atoms with Crippen molar-refractivity contribution in [3.05, 3.63) is 65.4 Å².